The molecule has 15 nitrogen and oxygen atoms in total. The summed E-state index contributed by atoms with van der Waals surface area (Å²) in [5, 5.41) is 12.3. The fourth-order valence-corrected chi connectivity index (χ4v) is 6.25. The van der Waals surface area contributed by atoms with E-state index in [2.05, 4.69) is 21.3 Å². The smallest absolute Gasteiger partial charge is 0.407 e. The van der Waals surface area contributed by atoms with Crippen molar-refractivity contribution in [2.24, 2.45) is 0 Å². The lowest BCUT2D eigenvalue weighted by Crippen LogP contribution is -2.58. The molecule has 4 N–H and O–H groups in total. The normalized spacial score (nSPS) is 21.5. The van der Waals surface area contributed by atoms with Crippen LogP contribution in [0.4, 0.5) is 30.7 Å². The third-order valence-electron chi connectivity index (χ3n) is 7.83. The number of alkyl carbamates (subject to hydrolysis) is 4. The zero-order valence-electron chi connectivity index (χ0n) is 33.8. The summed E-state index contributed by atoms with van der Waals surface area (Å²) < 4.78 is 22.2. The van der Waals surface area contributed by atoms with Crippen LogP contribution >= 0.6 is 11.6 Å². The van der Waals surface area contributed by atoms with Gasteiger partial charge in [0.25, 0.3) is 0 Å². The Morgan fingerprint density at radius 2 is 0.925 bits per heavy atom. The molecule has 4 amide bonds. The highest BCUT2D eigenvalue weighted by molar-refractivity contribution is 6.34. The van der Waals surface area contributed by atoms with Gasteiger partial charge in [-0.15, -0.1) is 0 Å². The Hall–Kier alpha value is -3.88. The molecule has 16 heteroatoms. The van der Waals surface area contributed by atoms with Crippen molar-refractivity contribution in [3.63, 3.8) is 0 Å². The Balaban J connectivity index is 1.98. The van der Waals surface area contributed by atoms with Gasteiger partial charge in [-0.2, -0.15) is 0 Å². The van der Waals surface area contributed by atoms with Crippen molar-refractivity contribution in [3.8, 4) is 0 Å². The molecule has 4 atom stereocenters. The van der Waals surface area contributed by atoms with Gasteiger partial charge in [-0.25, -0.2) is 24.2 Å². The van der Waals surface area contributed by atoms with E-state index in [1.54, 1.807) is 90.0 Å². The largest absolute Gasteiger partial charge is 0.444 e. The molecular formula is C37H62ClN7O8. The third-order valence-corrected chi connectivity index (χ3v) is 8.30. The Morgan fingerprint density at radius 1 is 0.604 bits per heavy atom. The van der Waals surface area contributed by atoms with Crippen molar-refractivity contribution in [3.05, 3.63) is 16.8 Å². The number of aryl methyl sites for hydroxylation is 1. The molecule has 0 bridgehead atoms. The van der Waals surface area contributed by atoms with Gasteiger partial charge in [-0.3, -0.25) is 0 Å². The zero-order chi connectivity index (χ0) is 40.1. The molecule has 4 unspecified atom stereocenters. The second-order valence-electron chi connectivity index (χ2n) is 17.9. The van der Waals surface area contributed by atoms with Gasteiger partial charge in [0.2, 0.25) is 0 Å². The first-order valence-corrected chi connectivity index (χ1v) is 18.7. The summed E-state index contributed by atoms with van der Waals surface area (Å²) in [6.45, 7) is 24.8. The summed E-state index contributed by atoms with van der Waals surface area (Å²) in [4.78, 5) is 60.3. The van der Waals surface area contributed by atoms with E-state index >= 15 is 0 Å². The minimum absolute atomic E-state index is 0.344. The number of hydrogen-bond acceptors (Lipinski definition) is 11. The molecule has 1 aromatic rings. The number of pyridine rings is 1. The number of halogens is 1. The maximum absolute atomic E-state index is 12.9. The van der Waals surface area contributed by atoms with Crippen LogP contribution in [0.15, 0.2) is 6.07 Å². The monoisotopic (exact) mass is 767 g/mol. The van der Waals surface area contributed by atoms with Crippen molar-refractivity contribution in [1.82, 2.24) is 26.3 Å². The topological polar surface area (TPSA) is 173 Å². The number of ether oxygens (including phenoxy) is 4. The molecular weight excluding hydrogens is 706 g/mol. The highest BCUT2D eigenvalue weighted by atomic mass is 35.5. The number of nitrogens with one attached hydrogen (secondary N) is 4. The Morgan fingerprint density at radius 3 is 1.26 bits per heavy atom. The summed E-state index contributed by atoms with van der Waals surface area (Å²) >= 11 is 7.00. The number of aromatic nitrogens is 1. The van der Waals surface area contributed by atoms with E-state index in [4.69, 9.17) is 35.5 Å². The van der Waals surface area contributed by atoms with E-state index < -0.39 is 58.9 Å². The lowest BCUT2D eigenvalue weighted by atomic mass is 10.0. The first-order valence-electron chi connectivity index (χ1n) is 18.3. The molecule has 3 heterocycles. The van der Waals surface area contributed by atoms with Crippen LogP contribution in [-0.2, 0) is 18.9 Å². The first-order chi connectivity index (χ1) is 24.1. The summed E-state index contributed by atoms with van der Waals surface area (Å²) in [5.41, 5.74) is -1.57. The van der Waals surface area contributed by atoms with Crippen LogP contribution < -0.4 is 31.1 Å². The Kier molecular flexibility index (Phi) is 14.0. The van der Waals surface area contributed by atoms with Crippen LogP contribution in [0.25, 0.3) is 0 Å². The number of piperidine rings is 1. The van der Waals surface area contributed by atoms with Gasteiger partial charge in [0.15, 0.2) is 0 Å². The highest BCUT2D eigenvalue weighted by Crippen LogP contribution is 2.34. The number of carbonyl (C=O) groups excluding carboxylic acids is 4. The lowest BCUT2D eigenvalue weighted by Gasteiger charge is -2.40. The van der Waals surface area contributed by atoms with Crippen molar-refractivity contribution >= 4 is 47.5 Å². The Labute approximate surface area is 319 Å². The maximum Gasteiger partial charge on any atom is 0.407 e. The first kappa shape index (κ1) is 43.5. The van der Waals surface area contributed by atoms with Crippen molar-refractivity contribution in [1.29, 1.82) is 0 Å². The van der Waals surface area contributed by atoms with Gasteiger partial charge in [-0.1, -0.05) is 11.6 Å². The van der Waals surface area contributed by atoms with Gasteiger partial charge in [0.05, 0.1) is 28.5 Å². The lowest BCUT2D eigenvalue weighted by molar-refractivity contribution is 0.0466. The maximum atomic E-state index is 12.9. The van der Waals surface area contributed by atoms with Crippen molar-refractivity contribution in [2.75, 3.05) is 36.0 Å². The van der Waals surface area contributed by atoms with Crippen molar-refractivity contribution in [2.45, 2.75) is 156 Å². The second kappa shape index (κ2) is 17.1. The van der Waals surface area contributed by atoms with Crippen LogP contribution in [0.2, 0.25) is 5.02 Å². The second-order valence-corrected chi connectivity index (χ2v) is 18.3. The number of hydrogen-bond donors (Lipinski definition) is 4. The molecule has 2 aliphatic rings. The Bertz CT molecular complexity index is 1390. The molecule has 2 fully saturated rings. The molecule has 0 aromatic carbocycles. The molecule has 0 radical (unpaired) electrons. The number of carbonyl (C=O) groups is 4. The number of anilines is 2. The summed E-state index contributed by atoms with van der Waals surface area (Å²) in [5.74, 6) is 0.561. The molecule has 2 aliphatic heterocycles. The van der Waals surface area contributed by atoms with Gasteiger partial charge >= 0.3 is 24.4 Å². The summed E-state index contributed by atoms with van der Waals surface area (Å²) in [7, 11) is 0. The predicted molar refractivity (Wildman–Crippen MR) is 205 cm³/mol. The molecule has 0 spiro atoms. The van der Waals surface area contributed by atoms with Gasteiger partial charge in [0.1, 0.15) is 28.2 Å². The number of amides is 4. The van der Waals surface area contributed by atoms with Gasteiger partial charge in [0, 0.05) is 44.3 Å². The van der Waals surface area contributed by atoms with E-state index in [0.717, 1.165) is 0 Å². The minimum atomic E-state index is -0.699. The van der Waals surface area contributed by atoms with Crippen LogP contribution in [0.3, 0.4) is 0 Å². The van der Waals surface area contributed by atoms with Gasteiger partial charge < -0.3 is 50.0 Å². The van der Waals surface area contributed by atoms with E-state index in [1.165, 1.54) is 0 Å². The molecule has 3 rings (SSSR count). The fraction of sp³-hybridized carbons (Fsp3) is 0.757. The van der Waals surface area contributed by atoms with E-state index in [-0.39, 0.29) is 12.1 Å². The minimum Gasteiger partial charge on any atom is -0.444 e. The summed E-state index contributed by atoms with van der Waals surface area (Å²) in [6.07, 6.45) is -0.704. The van der Waals surface area contributed by atoms with Crippen LogP contribution in [0.5, 0.6) is 0 Å². The molecule has 300 valence electrons. The molecule has 1 aromatic heterocycles. The average molecular weight is 768 g/mol. The van der Waals surface area contributed by atoms with E-state index in [1.807, 2.05) is 15.9 Å². The van der Waals surface area contributed by atoms with E-state index in [0.29, 0.717) is 67.7 Å². The third kappa shape index (κ3) is 15.6. The molecule has 0 aliphatic carbocycles. The molecule has 2 saturated heterocycles. The fourth-order valence-electron chi connectivity index (χ4n) is 6.03. The van der Waals surface area contributed by atoms with Crippen LogP contribution in [0.1, 0.15) is 108 Å². The van der Waals surface area contributed by atoms with Gasteiger partial charge in [-0.05, 0) is 109 Å². The standard InChI is InChI=1S/C37H62ClN7O8/c1-22-29(38)27(44-18-23(40-30(46)50-34(2,3)4)14-15-24(19-44)41-31(47)51-35(5,6)7)17-28(39-22)45-20-25(42-32(48)52-36(8,9)10)16-26(21-45)43-33(49)53-37(11,12)13/h17,23-26H,14-16,18-21H2,1-13H3,(H,40,46)(H,41,47)(H,42,48)(H,43,49). The number of nitrogens with zero attached hydrogens (tertiary/aromatic N) is 3. The quantitative estimate of drug-likeness (QED) is 0.235. The molecule has 53 heavy (non-hydrogen) atoms. The predicted octanol–water partition coefficient (Wildman–Crippen LogP) is 6.43. The zero-order valence-corrected chi connectivity index (χ0v) is 34.6. The number of rotatable bonds is 6. The summed E-state index contributed by atoms with van der Waals surface area (Å²) in [6, 6.07) is 0.340. The van der Waals surface area contributed by atoms with Crippen LogP contribution in [-0.4, -0.2) is 102 Å². The van der Waals surface area contributed by atoms with Crippen molar-refractivity contribution < 1.29 is 38.1 Å². The highest BCUT2D eigenvalue weighted by Gasteiger charge is 2.35. The molecule has 0 saturated carbocycles. The van der Waals surface area contributed by atoms with Crippen LogP contribution in [0, 0.1) is 6.92 Å². The average Bonchev–Trinajstić information content (AvgIpc) is 3.11. The SMILES string of the molecule is Cc1nc(N2CC(NC(=O)OC(C)(C)C)CC(NC(=O)OC(C)(C)C)C2)cc(N2CC(NC(=O)OC(C)(C)C)CCC(NC(=O)OC(C)(C)C)C2)c1Cl. The van der Waals surface area contributed by atoms with E-state index in [9.17, 15) is 19.2 Å².